The maximum absolute atomic E-state index is 4.09. The lowest BCUT2D eigenvalue weighted by atomic mass is 9.96. The number of nitrogens with one attached hydrogen (secondary N) is 1. The highest BCUT2D eigenvalue weighted by Gasteiger charge is 2.60. The second kappa shape index (κ2) is 2.89. The van der Waals surface area contributed by atoms with Gasteiger partial charge in [0, 0.05) is 10.8 Å². The second-order valence-corrected chi connectivity index (χ2v) is 5.67. The van der Waals surface area contributed by atoms with Crippen LogP contribution in [0.25, 0.3) is 0 Å². The molecule has 0 bridgehead atoms. The van der Waals surface area contributed by atoms with Crippen LogP contribution in [0.1, 0.15) is 26.7 Å². The van der Waals surface area contributed by atoms with Gasteiger partial charge in [0.1, 0.15) is 0 Å². The van der Waals surface area contributed by atoms with Crippen LogP contribution in [-0.2, 0) is 0 Å². The summed E-state index contributed by atoms with van der Waals surface area (Å²) in [5.74, 6) is 0. The van der Waals surface area contributed by atoms with Gasteiger partial charge in [0.15, 0.2) is 0 Å². The van der Waals surface area contributed by atoms with Gasteiger partial charge in [-0.25, -0.2) is 0 Å². The van der Waals surface area contributed by atoms with E-state index in [1.807, 2.05) is 6.92 Å². The molecule has 2 heteroatoms. The zero-order valence-electron chi connectivity index (χ0n) is 8.39. The van der Waals surface area contributed by atoms with Crippen LogP contribution in [0, 0.1) is 0 Å². The van der Waals surface area contributed by atoms with Gasteiger partial charge in [-0.15, -0.1) is 11.8 Å². The minimum atomic E-state index is 0.490. The third-order valence-electron chi connectivity index (χ3n) is 3.24. The van der Waals surface area contributed by atoms with E-state index in [9.17, 15) is 0 Å². The Morgan fingerprint density at radius 3 is 2.77 bits per heavy atom. The molecule has 0 aromatic heterocycles. The van der Waals surface area contributed by atoms with Gasteiger partial charge in [0.05, 0.1) is 5.37 Å². The summed E-state index contributed by atoms with van der Waals surface area (Å²) in [6.45, 7) is 12.3. The molecule has 0 radical (unpaired) electrons. The Labute approximate surface area is 84.7 Å². The van der Waals surface area contributed by atoms with Crippen LogP contribution in [0.15, 0.2) is 24.3 Å². The molecule has 2 rings (SSSR count). The summed E-state index contributed by atoms with van der Waals surface area (Å²) < 4.78 is 0.545. The highest BCUT2D eigenvalue weighted by atomic mass is 32.2. The topological polar surface area (TPSA) is 12.0 Å². The molecule has 2 aliphatic heterocycles. The van der Waals surface area contributed by atoms with Crippen LogP contribution in [0.3, 0.4) is 0 Å². The SMILES string of the molecule is C=C(C)C(=C)[C@@H]1CC2(CC)SC2N1. The van der Waals surface area contributed by atoms with Crippen molar-refractivity contribution in [2.75, 3.05) is 0 Å². The van der Waals surface area contributed by atoms with Gasteiger partial charge in [-0.3, -0.25) is 5.32 Å². The predicted molar refractivity (Wildman–Crippen MR) is 59.9 cm³/mol. The predicted octanol–water partition coefficient (Wildman–Crippen LogP) is 2.70. The van der Waals surface area contributed by atoms with Gasteiger partial charge < -0.3 is 0 Å². The number of hydrogen-bond donors (Lipinski definition) is 1. The molecule has 2 fully saturated rings. The van der Waals surface area contributed by atoms with E-state index in [0.717, 1.165) is 5.57 Å². The van der Waals surface area contributed by atoms with Crippen molar-refractivity contribution in [1.29, 1.82) is 0 Å². The van der Waals surface area contributed by atoms with Crippen LogP contribution in [0.5, 0.6) is 0 Å². The molecule has 1 N–H and O–H groups in total. The first-order valence-electron chi connectivity index (χ1n) is 4.87. The Bertz CT molecular complexity index is 267. The van der Waals surface area contributed by atoms with E-state index >= 15 is 0 Å². The van der Waals surface area contributed by atoms with E-state index in [1.54, 1.807) is 0 Å². The lowest BCUT2D eigenvalue weighted by Gasteiger charge is -2.17. The number of hydrogen-bond acceptors (Lipinski definition) is 2. The van der Waals surface area contributed by atoms with Crippen LogP contribution < -0.4 is 5.32 Å². The molecule has 0 amide bonds. The van der Waals surface area contributed by atoms with Gasteiger partial charge in [-0.05, 0) is 25.3 Å². The fraction of sp³-hybridized carbons (Fsp3) is 0.636. The summed E-state index contributed by atoms with van der Waals surface area (Å²) in [5, 5.41) is 4.30. The molecule has 2 aliphatic rings. The molecule has 0 aromatic carbocycles. The minimum absolute atomic E-state index is 0.490. The lowest BCUT2D eigenvalue weighted by Crippen LogP contribution is -2.26. The molecule has 3 atom stereocenters. The molecule has 13 heavy (non-hydrogen) atoms. The molecule has 0 aliphatic carbocycles. The number of rotatable bonds is 3. The number of fused-ring (bicyclic) bond motifs is 1. The summed E-state index contributed by atoms with van der Waals surface area (Å²) in [7, 11) is 0. The zero-order valence-corrected chi connectivity index (χ0v) is 9.21. The van der Waals surface area contributed by atoms with Gasteiger partial charge >= 0.3 is 0 Å². The Balaban J connectivity index is 2.01. The average Bonchev–Trinajstić information content (AvgIpc) is 2.68. The quantitative estimate of drug-likeness (QED) is 0.549. The zero-order chi connectivity index (χ0) is 9.64. The number of thioether (sulfide) groups is 1. The van der Waals surface area contributed by atoms with Gasteiger partial charge in [0.25, 0.3) is 0 Å². The highest BCUT2D eigenvalue weighted by molar-refractivity contribution is 8.08. The molecule has 0 aromatic rings. The van der Waals surface area contributed by atoms with E-state index in [1.165, 1.54) is 18.4 Å². The molecular formula is C11H17NS. The van der Waals surface area contributed by atoms with Crippen molar-refractivity contribution in [3.05, 3.63) is 24.3 Å². The molecule has 2 saturated heterocycles. The van der Waals surface area contributed by atoms with Crippen molar-refractivity contribution in [3.8, 4) is 0 Å². The molecule has 1 nitrogen and oxygen atoms in total. The van der Waals surface area contributed by atoms with Gasteiger partial charge in [0.2, 0.25) is 0 Å². The van der Waals surface area contributed by atoms with Crippen LogP contribution in [0.4, 0.5) is 0 Å². The van der Waals surface area contributed by atoms with Gasteiger partial charge in [-0.1, -0.05) is 25.7 Å². The average molecular weight is 195 g/mol. The fourth-order valence-electron chi connectivity index (χ4n) is 2.06. The standard InChI is InChI=1S/C11H17NS/c1-5-11-6-9(8(4)7(2)3)12-10(11)13-11/h9-10,12H,2,4-6H2,1,3H3/t9-,10?,11?/m0/s1. The van der Waals surface area contributed by atoms with Crippen LogP contribution in [0.2, 0.25) is 0 Å². The Morgan fingerprint density at radius 2 is 2.31 bits per heavy atom. The smallest absolute Gasteiger partial charge is 0.0693 e. The third-order valence-corrected chi connectivity index (χ3v) is 4.97. The first kappa shape index (κ1) is 9.35. The Kier molecular flexibility index (Phi) is 2.08. The van der Waals surface area contributed by atoms with E-state index in [-0.39, 0.29) is 0 Å². The molecule has 72 valence electrons. The maximum Gasteiger partial charge on any atom is 0.0693 e. The Morgan fingerprint density at radius 1 is 1.62 bits per heavy atom. The lowest BCUT2D eigenvalue weighted by molar-refractivity contribution is 0.642. The van der Waals surface area contributed by atoms with Crippen LogP contribution >= 0.6 is 11.8 Å². The molecule has 0 saturated carbocycles. The molecule has 0 spiro atoms. The first-order chi connectivity index (χ1) is 6.09. The molecule has 2 heterocycles. The summed E-state index contributed by atoms with van der Waals surface area (Å²) >= 11 is 2.08. The Hall–Kier alpha value is -0.210. The first-order valence-corrected chi connectivity index (χ1v) is 5.75. The van der Waals surface area contributed by atoms with Crippen molar-refractivity contribution in [3.63, 3.8) is 0 Å². The monoisotopic (exact) mass is 195 g/mol. The van der Waals surface area contributed by atoms with Crippen molar-refractivity contribution in [2.24, 2.45) is 0 Å². The van der Waals surface area contributed by atoms with Crippen molar-refractivity contribution < 1.29 is 0 Å². The maximum atomic E-state index is 4.09. The van der Waals surface area contributed by atoms with Gasteiger partial charge in [-0.2, -0.15) is 0 Å². The van der Waals surface area contributed by atoms with Crippen molar-refractivity contribution in [1.82, 2.24) is 5.32 Å². The third kappa shape index (κ3) is 1.36. The fourth-order valence-corrected chi connectivity index (χ4v) is 3.46. The summed E-state index contributed by atoms with van der Waals surface area (Å²) in [4.78, 5) is 0. The minimum Gasteiger partial charge on any atom is -0.297 e. The van der Waals surface area contributed by atoms with Crippen molar-refractivity contribution in [2.45, 2.75) is 42.9 Å². The molecular weight excluding hydrogens is 178 g/mol. The molecule has 2 unspecified atom stereocenters. The summed E-state index contributed by atoms with van der Waals surface area (Å²) in [6, 6.07) is 0.490. The normalized spacial score (nSPS) is 41.4. The van der Waals surface area contributed by atoms with E-state index in [2.05, 4.69) is 37.2 Å². The van der Waals surface area contributed by atoms with Crippen molar-refractivity contribution >= 4 is 11.8 Å². The summed E-state index contributed by atoms with van der Waals surface area (Å²) in [6.07, 6.45) is 2.51. The largest absolute Gasteiger partial charge is 0.297 e. The summed E-state index contributed by atoms with van der Waals surface area (Å²) in [5.41, 5.74) is 2.32. The van der Waals surface area contributed by atoms with E-state index in [0.29, 0.717) is 16.2 Å². The highest BCUT2D eigenvalue weighted by Crippen LogP contribution is 2.61. The van der Waals surface area contributed by atoms with Crippen LogP contribution in [-0.4, -0.2) is 16.2 Å². The van der Waals surface area contributed by atoms with E-state index < -0.39 is 0 Å². The van der Waals surface area contributed by atoms with E-state index in [4.69, 9.17) is 0 Å². The second-order valence-electron chi connectivity index (χ2n) is 4.15.